The lowest BCUT2D eigenvalue weighted by atomic mass is 10.2. The van der Waals surface area contributed by atoms with Gasteiger partial charge in [-0.05, 0) is 39.8 Å². The second kappa shape index (κ2) is 9.11. The zero-order valence-corrected chi connectivity index (χ0v) is 16.6. The second-order valence-electron chi connectivity index (χ2n) is 6.46. The first kappa shape index (κ1) is 22.1. The van der Waals surface area contributed by atoms with Gasteiger partial charge in [0.2, 0.25) is 0 Å². The van der Waals surface area contributed by atoms with Gasteiger partial charge >= 0.3 is 12.1 Å². The van der Waals surface area contributed by atoms with Crippen LogP contribution in [0.4, 0.5) is 4.79 Å². The molecule has 0 aromatic heterocycles. The van der Waals surface area contributed by atoms with Crippen LogP contribution in [0.5, 0.6) is 0 Å². The number of hydrogen-bond donors (Lipinski definition) is 1. The van der Waals surface area contributed by atoms with Crippen LogP contribution in [-0.4, -0.2) is 48.4 Å². The molecular formula is C17H25NO7S. The fourth-order valence-corrected chi connectivity index (χ4v) is 2.59. The minimum Gasteiger partial charge on any atom is -0.465 e. The van der Waals surface area contributed by atoms with Crippen molar-refractivity contribution in [3.8, 4) is 0 Å². The lowest BCUT2D eigenvalue weighted by molar-refractivity contribution is -0.174. The van der Waals surface area contributed by atoms with Crippen molar-refractivity contribution in [3.05, 3.63) is 29.8 Å². The number of aryl methyl sites for hydroxylation is 1. The molecular weight excluding hydrogens is 362 g/mol. The van der Waals surface area contributed by atoms with Crippen LogP contribution in [0.25, 0.3) is 0 Å². The van der Waals surface area contributed by atoms with E-state index in [1.54, 1.807) is 45.0 Å². The standard InChI is InChI=1S/C17H25NO7S/c1-12-7-9-13(10-8-12)26(21)24-11-17(23-6,14(19)22-5)18-15(20)25-16(2,3)4/h7-10H,11H2,1-6H3,(H,18,20). The number of hydrogen-bond acceptors (Lipinski definition) is 7. The van der Waals surface area contributed by atoms with Crippen LogP contribution in [0.2, 0.25) is 0 Å². The molecule has 26 heavy (non-hydrogen) atoms. The Balaban J connectivity index is 2.92. The van der Waals surface area contributed by atoms with Crippen molar-refractivity contribution in [1.82, 2.24) is 5.32 Å². The molecule has 0 aliphatic rings. The summed E-state index contributed by atoms with van der Waals surface area (Å²) in [6.07, 6.45) is -0.908. The van der Waals surface area contributed by atoms with Crippen LogP contribution >= 0.6 is 0 Å². The maximum Gasteiger partial charge on any atom is 0.410 e. The van der Waals surface area contributed by atoms with E-state index in [1.807, 2.05) is 6.92 Å². The number of esters is 1. The van der Waals surface area contributed by atoms with E-state index in [9.17, 15) is 13.8 Å². The average molecular weight is 387 g/mol. The van der Waals surface area contributed by atoms with Crippen LogP contribution in [0.15, 0.2) is 29.2 Å². The van der Waals surface area contributed by atoms with Crippen LogP contribution in [-0.2, 0) is 34.3 Å². The smallest absolute Gasteiger partial charge is 0.410 e. The molecule has 0 spiro atoms. The van der Waals surface area contributed by atoms with Gasteiger partial charge in [0, 0.05) is 7.11 Å². The Bertz CT molecular complexity index is 654. The number of carbonyl (C=O) groups is 2. The fourth-order valence-electron chi connectivity index (χ4n) is 1.83. The Morgan fingerprint density at radius 2 is 1.69 bits per heavy atom. The number of carbonyl (C=O) groups excluding carboxylic acids is 2. The molecule has 1 N–H and O–H groups in total. The Morgan fingerprint density at radius 1 is 1.12 bits per heavy atom. The molecule has 1 amide bonds. The van der Waals surface area contributed by atoms with Gasteiger partial charge in [0.1, 0.15) is 12.2 Å². The summed E-state index contributed by atoms with van der Waals surface area (Å²) >= 11 is -1.87. The van der Waals surface area contributed by atoms with E-state index in [2.05, 4.69) is 10.1 Å². The van der Waals surface area contributed by atoms with Crippen molar-refractivity contribution in [1.29, 1.82) is 0 Å². The predicted molar refractivity (Wildman–Crippen MR) is 94.7 cm³/mol. The van der Waals surface area contributed by atoms with Gasteiger partial charge in [0.15, 0.2) is 11.1 Å². The largest absolute Gasteiger partial charge is 0.465 e. The molecule has 9 heteroatoms. The van der Waals surface area contributed by atoms with Crippen molar-refractivity contribution < 1.29 is 32.2 Å². The lowest BCUT2D eigenvalue weighted by Gasteiger charge is -2.30. The van der Waals surface area contributed by atoms with E-state index >= 15 is 0 Å². The Kier molecular flexibility index (Phi) is 7.73. The molecule has 1 rings (SSSR count). The number of methoxy groups -OCH3 is 2. The number of alkyl carbamates (subject to hydrolysis) is 1. The zero-order chi connectivity index (χ0) is 20.0. The van der Waals surface area contributed by atoms with Gasteiger partial charge in [-0.25, -0.2) is 13.8 Å². The molecule has 0 heterocycles. The van der Waals surface area contributed by atoms with Gasteiger partial charge in [-0.15, -0.1) is 0 Å². The monoisotopic (exact) mass is 387 g/mol. The third-order valence-electron chi connectivity index (χ3n) is 3.15. The van der Waals surface area contributed by atoms with E-state index in [0.717, 1.165) is 12.7 Å². The van der Waals surface area contributed by atoms with Crippen molar-refractivity contribution >= 4 is 23.1 Å². The molecule has 2 unspecified atom stereocenters. The topological polar surface area (TPSA) is 100 Å². The summed E-state index contributed by atoms with van der Waals surface area (Å²) in [7, 11) is 2.32. The summed E-state index contributed by atoms with van der Waals surface area (Å²) in [5.41, 5.74) is -1.79. The van der Waals surface area contributed by atoms with Gasteiger partial charge in [0.25, 0.3) is 5.72 Å². The van der Waals surface area contributed by atoms with Crippen molar-refractivity contribution in [2.75, 3.05) is 20.8 Å². The third kappa shape index (κ3) is 6.40. The van der Waals surface area contributed by atoms with Crippen molar-refractivity contribution in [2.45, 2.75) is 43.9 Å². The van der Waals surface area contributed by atoms with Gasteiger partial charge in [-0.1, -0.05) is 17.7 Å². The summed E-state index contributed by atoms with van der Waals surface area (Å²) in [6.45, 7) is 6.36. The highest BCUT2D eigenvalue weighted by atomic mass is 32.2. The molecule has 0 saturated heterocycles. The van der Waals surface area contributed by atoms with Gasteiger partial charge in [-0.2, -0.15) is 0 Å². The van der Waals surface area contributed by atoms with Crippen LogP contribution < -0.4 is 5.32 Å². The number of ether oxygens (including phenoxy) is 3. The molecule has 1 aromatic rings. The van der Waals surface area contributed by atoms with Crippen molar-refractivity contribution in [2.24, 2.45) is 0 Å². The summed E-state index contributed by atoms with van der Waals surface area (Å²) in [5.74, 6) is -0.924. The van der Waals surface area contributed by atoms with E-state index in [0.29, 0.717) is 4.90 Å². The summed E-state index contributed by atoms with van der Waals surface area (Å²) in [6, 6.07) is 6.83. The summed E-state index contributed by atoms with van der Waals surface area (Å²) < 4.78 is 32.5. The molecule has 0 fully saturated rings. The molecule has 8 nitrogen and oxygen atoms in total. The molecule has 2 atom stereocenters. The first-order valence-electron chi connectivity index (χ1n) is 7.79. The number of rotatable bonds is 7. The van der Waals surface area contributed by atoms with Crippen molar-refractivity contribution in [3.63, 3.8) is 0 Å². The fraction of sp³-hybridized carbons (Fsp3) is 0.529. The molecule has 0 saturated carbocycles. The van der Waals surface area contributed by atoms with E-state index in [4.69, 9.17) is 13.7 Å². The first-order chi connectivity index (χ1) is 12.0. The summed E-state index contributed by atoms with van der Waals surface area (Å²) in [5, 5.41) is 2.29. The van der Waals surface area contributed by atoms with Gasteiger partial charge in [-0.3, -0.25) is 9.50 Å². The molecule has 0 aliphatic carbocycles. The van der Waals surface area contributed by atoms with Gasteiger partial charge < -0.3 is 14.2 Å². The molecule has 0 radical (unpaired) electrons. The Hall–Kier alpha value is -1.97. The quantitative estimate of drug-likeness (QED) is 0.565. The minimum absolute atomic E-state index is 0.405. The summed E-state index contributed by atoms with van der Waals surface area (Å²) in [4.78, 5) is 24.6. The van der Waals surface area contributed by atoms with Crippen LogP contribution in [0.3, 0.4) is 0 Å². The number of nitrogens with one attached hydrogen (secondary N) is 1. The molecule has 0 aliphatic heterocycles. The Labute approximate surface area is 155 Å². The van der Waals surface area contributed by atoms with Crippen LogP contribution in [0, 0.1) is 6.92 Å². The highest BCUT2D eigenvalue weighted by Crippen LogP contribution is 2.16. The maximum absolute atomic E-state index is 12.3. The SMILES string of the molecule is COC(=O)C(COS(=O)c1ccc(C)cc1)(NC(=O)OC(C)(C)C)OC. The average Bonchev–Trinajstić information content (AvgIpc) is 2.56. The first-order valence-corrected chi connectivity index (χ1v) is 8.87. The van der Waals surface area contributed by atoms with Gasteiger partial charge in [0.05, 0.1) is 12.0 Å². The Morgan fingerprint density at radius 3 is 2.15 bits per heavy atom. The number of benzene rings is 1. The molecule has 0 bridgehead atoms. The zero-order valence-electron chi connectivity index (χ0n) is 15.8. The van der Waals surface area contributed by atoms with E-state index in [-0.39, 0.29) is 0 Å². The maximum atomic E-state index is 12.3. The normalized spacial score (nSPS) is 14.8. The third-order valence-corrected chi connectivity index (χ3v) is 4.14. The number of amides is 1. The highest BCUT2D eigenvalue weighted by molar-refractivity contribution is 7.80. The predicted octanol–water partition coefficient (Wildman–Crippen LogP) is 2.07. The minimum atomic E-state index is -2.00. The second-order valence-corrected chi connectivity index (χ2v) is 7.64. The molecule has 1 aromatic carbocycles. The highest BCUT2D eigenvalue weighted by Gasteiger charge is 2.44. The molecule has 146 valence electrons. The van der Waals surface area contributed by atoms with Crippen LogP contribution in [0.1, 0.15) is 26.3 Å². The van der Waals surface area contributed by atoms with E-state index in [1.165, 1.54) is 7.11 Å². The lowest BCUT2D eigenvalue weighted by Crippen LogP contribution is -2.60. The van der Waals surface area contributed by atoms with E-state index < -0.39 is 41.1 Å².